The Hall–Kier alpha value is -3.27. The summed E-state index contributed by atoms with van der Waals surface area (Å²) in [6, 6.07) is 7.21. The van der Waals surface area contributed by atoms with Gasteiger partial charge in [0.25, 0.3) is 5.91 Å². The number of rotatable bonds is 9. The topological polar surface area (TPSA) is 95.5 Å². The summed E-state index contributed by atoms with van der Waals surface area (Å²) in [5.74, 6) is 2.00. The number of carbonyl (C=O) groups is 2. The molecule has 0 spiro atoms. The van der Waals surface area contributed by atoms with Crippen LogP contribution in [0.3, 0.4) is 0 Å². The lowest BCUT2D eigenvalue weighted by Gasteiger charge is -2.39. The van der Waals surface area contributed by atoms with Crippen molar-refractivity contribution in [3.05, 3.63) is 34.5 Å². The molecule has 3 heterocycles. The Morgan fingerprint density at radius 2 is 2.00 bits per heavy atom. The van der Waals surface area contributed by atoms with Gasteiger partial charge in [0.2, 0.25) is 12.2 Å². The highest BCUT2D eigenvalue weighted by molar-refractivity contribution is 7.12. The number of nitrogens with zero attached hydrogens (tertiary/aromatic N) is 3. The molecule has 2 N–H and O–H groups in total. The summed E-state index contributed by atoms with van der Waals surface area (Å²) in [4.78, 5) is 30.0. The Kier molecular flexibility index (Phi) is 6.50. The van der Waals surface area contributed by atoms with E-state index in [1.54, 1.807) is 32.4 Å². The van der Waals surface area contributed by atoms with E-state index in [9.17, 15) is 9.59 Å². The molecule has 9 nitrogen and oxygen atoms in total. The van der Waals surface area contributed by atoms with E-state index in [0.29, 0.717) is 43.0 Å². The van der Waals surface area contributed by atoms with E-state index in [1.807, 2.05) is 16.3 Å². The zero-order valence-electron chi connectivity index (χ0n) is 18.4. The number of hydrogen-bond donors (Lipinski definition) is 2. The molecule has 4 rings (SSSR count). The van der Waals surface area contributed by atoms with Crippen molar-refractivity contribution in [2.24, 2.45) is 5.10 Å². The van der Waals surface area contributed by atoms with Crippen molar-refractivity contribution in [3.63, 3.8) is 0 Å². The molecule has 1 atom stereocenters. The predicted octanol–water partition coefficient (Wildman–Crippen LogP) is 3.45. The molecule has 10 heteroatoms. The lowest BCUT2D eigenvalue weighted by molar-refractivity contribution is -0.116. The van der Waals surface area contributed by atoms with E-state index < -0.39 is 0 Å². The molecule has 1 aromatic heterocycles. The number of thiophene rings is 1. The first-order chi connectivity index (χ1) is 15.5. The van der Waals surface area contributed by atoms with Crippen LogP contribution in [-0.4, -0.2) is 49.6 Å². The third-order valence-corrected chi connectivity index (χ3v) is 6.28. The van der Waals surface area contributed by atoms with Crippen LogP contribution in [0.2, 0.25) is 0 Å². The van der Waals surface area contributed by atoms with Crippen LogP contribution >= 0.6 is 11.3 Å². The molecule has 0 radical (unpaired) electrons. The highest BCUT2D eigenvalue weighted by Gasteiger charge is 2.42. The fourth-order valence-corrected chi connectivity index (χ4v) is 4.75. The number of amides is 2. The van der Waals surface area contributed by atoms with E-state index >= 15 is 0 Å². The molecule has 2 aliphatic heterocycles. The van der Waals surface area contributed by atoms with Crippen LogP contribution in [0.25, 0.3) is 0 Å². The minimum Gasteiger partial charge on any atom is -0.497 e. The number of methoxy groups -OCH3 is 2. The van der Waals surface area contributed by atoms with Gasteiger partial charge in [-0.3, -0.25) is 24.8 Å². The number of fused-ring (bicyclic) bond motifs is 3. The van der Waals surface area contributed by atoms with E-state index in [-0.39, 0.29) is 18.1 Å². The number of hydrazone groups is 1. The van der Waals surface area contributed by atoms with Crippen LogP contribution in [0.5, 0.6) is 11.5 Å². The van der Waals surface area contributed by atoms with Gasteiger partial charge in [-0.05, 0) is 24.3 Å². The van der Waals surface area contributed by atoms with Crippen LogP contribution in [0.4, 0.5) is 11.4 Å². The molecule has 0 saturated carbocycles. The van der Waals surface area contributed by atoms with Gasteiger partial charge in [-0.1, -0.05) is 6.92 Å². The van der Waals surface area contributed by atoms with Crippen molar-refractivity contribution in [1.82, 2.24) is 10.3 Å². The van der Waals surface area contributed by atoms with Crippen molar-refractivity contribution in [2.45, 2.75) is 38.9 Å². The van der Waals surface area contributed by atoms with Crippen LogP contribution in [0.1, 0.15) is 42.3 Å². The fraction of sp³-hybridized carbons (Fsp3) is 0.409. The van der Waals surface area contributed by atoms with Gasteiger partial charge in [-0.15, -0.1) is 11.3 Å². The molecule has 1 unspecified atom stereocenters. The summed E-state index contributed by atoms with van der Waals surface area (Å²) in [5, 5.41) is 9.32. The van der Waals surface area contributed by atoms with Gasteiger partial charge in [0, 0.05) is 43.3 Å². The smallest absolute Gasteiger partial charge is 0.269 e. The maximum Gasteiger partial charge on any atom is 0.269 e. The van der Waals surface area contributed by atoms with E-state index in [1.165, 1.54) is 11.3 Å². The average Bonchev–Trinajstić information content (AvgIpc) is 3.43. The van der Waals surface area contributed by atoms with Crippen molar-refractivity contribution in [2.75, 3.05) is 31.0 Å². The summed E-state index contributed by atoms with van der Waals surface area (Å²) in [6.07, 6.45) is 2.13. The number of hydrogen-bond acceptors (Lipinski definition) is 8. The molecule has 0 bridgehead atoms. The molecule has 0 saturated heterocycles. The molecule has 2 aromatic rings. The Balaban J connectivity index is 1.38. The van der Waals surface area contributed by atoms with Crippen molar-refractivity contribution < 1.29 is 19.1 Å². The normalized spacial score (nSPS) is 16.8. The van der Waals surface area contributed by atoms with Gasteiger partial charge >= 0.3 is 0 Å². The Bertz CT molecular complexity index is 1010. The number of anilines is 2. The maximum atomic E-state index is 12.8. The van der Waals surface area contributed by atoms with E-state index in [0.717, 1.165) is 22.8 Å². The lowest BCUT2D eigenvalue weighted by atomic mass is 10.1. The highest BCUT2D eigenvalue weighted by atomic mass is 32.1. The zero-order valence-corrected chi connectivity index (χ0v) is 19.2. The summed E-state index contributed by atoms with van der Waals surface area (Å²) in [7, 11) is 3.14. The number of ether oxygens (including phenoxy) is 2. The number of nitrogens with one attached hydrogen (secondary N) is 2. The van der Waals surface area contributed by atoms with Gasteiger partial charge in [0.15, 0.2) is 0 Å². The van der Waals surface area contributed by atoms with Crippen LogP contribution in [0, 0.1) is 0 Å². The summed E-state index contributed by atoms with van der Waals surface area (Å²) in [5.41, 5.74) is 4.61. The first-order valence-electron chi connectivity index (χ1n) is 10.6. The molecule has 1 aromatic carbocycles. The zero-order chi connectivity index (χ0) is 22.7. The first kappa shape index (κ1) is 21.9. The van der Waals surface area contributed by atoms with Gasteiger partial charge in [0.05, 0.1) is 19.9 Å². The molecule has 0 aliphatic carbocycles. The van der Waals surface area contributed by atoms with Gasteiger partial charge in [-0.2, -0.15) is 5.10 Å². The number of amidine groups is 1. The van der Waals surface area contributed by atoms with Crippen LogP contribution < -0.4 is 25.1 Å². The van der Waals surface area contributed by atoms with Crippen molar-refractivity contribution >= 4 is 40.4 Å². The third-order valence-electron chi connectivity index (χ3n) is 5.39. The lowest BCUT2D eigenvalue weighted by Crippen LogP contribution is -2.58. The Morgan fingerprint density at radius 3 is 2.69 bits per heavy atom. The molecule has 2 aliphatic rings. The second kappa shape index (κ2) is 9.47. The van der Waals surface area contributed by atoms with Crippen molar-refractivity contribution in [1.29, 1.82) is 0 Å². The maximum absolute atomic E-state index is 12.8. The van der Waals surface area contributed by atoms with Gasteiger partial charge in [0.1, 0.15) is 22.2 Å². The van der Waals surface area contributed by atoms with Gasteiger partial charge in [-0.25, -0.2) is 0 Å². The molecular weight excluding hydrogens is 430 g/mol. The second-order valence-electron chi connectivity index (χ2n) is 7.54. The molecular formula is C22H27N5O4S. The Morgan fingerprint density at radius 1 is 1.25 bits per heavy atom. The molecule has 0 fully saturated rings. The molecule has 2 amide bonds. The minimum absolute atomic E-state index is 0.0372. The molecule has 170 valence electrons. The van der Waals surface area contributed by atoms with E-state index in [4.69, 9.17) is 9.47 Å². The number of benzene rings is 1. The summed E-state index contributed by atoms with van der Waals surface area (Å²) >= 11 is 1.45. The van der Waals surface area contributed by atoms with Crippen molar-refractivity contribution in [3.8, 4) is 11.5 Å². The van der Waals surface area contributed by atoms with Crippen LogP contribution in [0.15, 0.2) is 34.7 Å². The highest BCUT2D eigenvalue weighted by Crippen LogP contribution is 2.37. The second-order valence-corrected chi connectivity index (χ2v) is 8.45. The van der Waals surface area contributed by atoms with E-state index in [2.05, 4.69) is 27.7 Å². The molecule has 32 heavy (non-hydrogen) atoms. The van der Waals surface area contributed by atoms with Crippen LogP contribution in [-0.2, 0) is 4.79 Å². The summed E-state index contributed by atoms with van der Waals surface area (Å²) in [6.45, 7) is 2.70. The predicted molar refractivity (Wildman–Crippen MR) is 125 cm³/mol. The minimum atomic E-state index is -0.308. The third kappa shape index (κ3) is 4.22. The monoisotopic (exact) mass is 457 g/mol. The standard InChI is InChI=1S/C22H27N5O4S/c1-4-9-26-21(29)20-17(8-10-32-20)27-18(24-25-22(26)27)6-5-7-19(28)23-14-11-15(30-2)13-16(12-14)31-3/h8,10-13,22,25H,4-7,9H2,1-3H3,(H,23,28). The summed E-state index contributed by atoms with van der Waals surface area (Å²) < 4.78 is 10.5. The largest absolute Gasteiger partial charge is 0.497 e. The first-order valence-corrected chi connectivity index (χ1v) is 11.5. The quantitative estimate of drug-likeness (QED) is 0.599. The average molecular weight is 458 g/mol. The number of carbonyl (C=O) groups excluding carboxylic acids is 2. The van der Waals surface area contributed by atoms with Gasteiger partial charge < -0.3 is 14.8 Å². The fourth-order valence-electron chi connectivity index (χ4n) is 3.91. The Labute approximate surface area is 191 Å². The SMILES string of the molecule is CCCN1C(=O)c2sccc2N2C(CCCC(=O)Nc3cc(OC)cc(OC)c3)=NNC12.